The van der Waals surface area contributed by atoms with Gasteiger partial charge in [-0.05, 0) is 31.5 Å². The maximum atomic E-state index is 9.17. The highest BCUT2D eigenvalue weighted by Crippen LogP contribution is 2.20. The molecule has 0 saturated heterocycles. The van der Waals surface area contributed by atoms with Crippen LogP contribution in [-0.4, -0.2) is 26.9 Å². The predicted molar refractivity (Wildman–Crippen MR) is 63.2 cm³/mol. The van der Waals surface area contributed by atoms with Gasteiger partial charge in [0.25, 0.3) is 0 Å². The van der Waals surface area contributed by atoms with Gasteiger partial charge in [-0.15, -0.1) is 0 Å². The second-order valence-electron chi connectivity index (χ2n) is 3.72. The molecule has 2 aromatic rings. The number of fused-ring (bicyclic) bond motifs is 1. The Morgan fingerprint density at radius 2 is 2.33 bits per heavy atom. The van der Waals surface area contributed by atoms with Crippen molar-refractivity contribution in [3.63, 3.8) is 0 Å². The summed E-state index contributed by atoms with van der Waals surface area (Å²) in [7, 11) is 0. The fourth-order valence-corrected chi connectivity index (χ4v) is 2.11. The lowest BCUT2D eigenvalue weighted by Gasteiger charge is -1.99. The Balaban J connectivity index is 2.23. The molecule has 1 aromatic carbocycles. The van der Waals surface area contributed by atoms with Crippen LogP contribution >= 0.6 is 11.8 Å². The van der Waals surface area contributed by atoms with Gasteiger partial charge in [-0.1, -0.05) is 17.8 Å². The Labute approximate surface area is 92.9 Å². The Kier molecular flexibility index (Phi) is 2.98. The maximum absolute atomic E-state index is 9.17. The Morgan fingerprint density at radius 3 is 3.07 bits per heavy atom. The number of hydrogen-bond donors (Lipinski definition) is 2. The number of aryl methyl sites for hydroxylation is 1. The van der Waals surface area contributed by atoms with Gasteiger partial charge in [0.1, 0.15) is 0 Å². The topological polar surface area (TPSA) is 48.9 Å². The lowest BCUT2D eigenvalue weighted by Crippen LogP contribution is -2.02. The molecule has 80 valence electrons. The van der Waals surface area contributed by atoms with Crippen molar-refractivity contribution in [1.29, 1.82) is 0 Å². The molecule has 4 heteroatoms. The molecule has 0 aliphatic rings. The van der Waals surface area contributed by atoms with Gasteiger partial charge in [0.05, 0.1) is 17.1 Å². The highest BCUT2D eigenvalue weighted by Gasteiger charge is 2.04. The van der Waals surface area contributed by atoms with E-state index < -0.39 is 0 Å². The second-order valence-corrected chi connectivity index (χ2v) is 4.73. The number of nitrogens with one attached hydrogen (secondary N) is 1. The van der Waals surface area contributed by atoms with Crippen LogP contribution in [0.15, 0.2) is 23.4 Å². The van der Waals surface area contributed by atoms with Crippen LogP contribution in [0.25, 0.3) is 11.0 Å². The van der Waals surface area contributed by atoms with Gasteiger partial charge < -0.3 is 10.1 Å². The van der Waals surface area contributed by atoms with Gasteiger partial charge in [0, 0.05) is 5.75 Å². The third-order valence-corrected chi connectivity index (χ3v) is 3.19. The van der Waals surface area contributed by atoms with Gasteiger partial charge in [0.2, 0.25) is 0 Å². The zero-order valence-corrected chi connectivity index (χ0v) is 9.64. The normalized spacial score (nSPS) is 13.3. The maximum Gasteiger partial charge on any atom is 0.166 e. The van der Waals surface area contributed by atoms with Crippen molar-refractivity contribution >= 4 is 22.8 Å². The Hall–Kier alpha value is -1.00. The monoisotopic (exact) mass is 222 g/mol. The van der Waals surface area contributed by atoms with Crippen LogP contribution < -0.4 is 0 Å². The third kappa shape index (κ3) is 2.52. The minimum atomic E-state index is -0.301. The molecule has 0 aliphatic heterocycles. The van der Waals surface area contributed by atoms with Crippen molar-refractivity contribution in [1.82, 2.24) is 9.97 Å². The number of aliphatic hydroxyl groups excluding tert-OH is 1. The SMILES string of the molecule is Cc1ccc2nc(SC[C@@H](C)O)[nH]c2c1. The lowest BCUT2D eigenvalue weighted by molar-refractivity contribution is 0.220. The van der Waals surface area contributed by atoms with E-state index in [9.17, 15) is 5.11 Å². The van der Waals surface area contributed by atoms with E-state index in [4.69, 9.17) is 0 Å². The summed E-state index contributed by atoms with van der Waals surface area (Å²) in [6.07, 6.45) is -0.301. The average Bonchev–Trinajstić information content (AvgIpc) is 2.56. The van der Waals surface area contributed by atoms with Crippen LogP contribution in [0.2, 0.25) is 0 Å². The number of thioether (sulfide) groups is 1. The fraction of sp³-hybridized carbons (Fsp3) is 0.364. The molecular weight excluding hydrogens is 208 g/mol. The fourth-order valence-electron chi connectivity index (χ4n) is 1.37. The number of benzene rings is 1. The Bertz CT molecular complexity index is 465. The zero-order valence-electron chi connectivity index (χ0n) is 8.82. The largest absolute Gasteiger partial charge is 0.393 e. The van der Waals surface area contributed by atoms with Crippen molar-refractivity contribution < 1.29 is 5.11 Å². The van der Waals surface area contributed by atoms with E-state index in [1.54, 1.807) is 18.7 Å². The average molecular weight is 222 g/mol. The minimum Gasteiger partial charge on any atom is -0.393 e. The van der Waals surface area contributed by atoms with Crippen molar-refractivity contribution in [2.45, 2.75) is 25.1 Å². The van der Waals surface area contributed by atoms with E-state index in [-0.39, 0.29) is 6.10 Å². The van der Waals surface area contributed by atoms with Gasteiger partial charge >= 0.3 is 0 Å². The molecule has 1 aromatic heterocycles. The molecule has 0 saturated carbocycles. The third-order valence-electron chi connectivity index (χ3n) is 2.08. The molecule has 0 amide bonds. The number of hydrogen-bond acceptors (Lipinski definition) is 3. The van der Waals surface area contributed by atoms with E-state index in [1.807, 2.05) is 12.1 Å². The van der Waals surface area contributed by atoms with Crippen LogP contribution in [0.1, 0.15) is 12.5 Å². The first kappa shape index (κ1) is 10.5. The van der Waals surface area contributed by atoms with Gasteiger partial charge in [-0.2, -0.15) is 0 Å². The van der Waals surface area contributed by atoms with E-state index >= 15 is 0 Å². The van der Waals surface area contributed by atoms with Crippen molar-refractivity contribution in [2.75, 3.05) is 5.75 Å². The van der Waals surface area contributed by atoms with Crippen LogP contribution in [0, 0.1) is 6.92 Å². The molecule has 0 unspecified atom stereocenters. The summed E-state index contributed by atoms with van der Waals surface area (Å²) >= 11 is 1.54. The number of aromatic amines is 1. The number of rotatable bonds is 3. The minimum absolute atomic E-state index is 0.301. The summed E-state index contributed by atoms with van der Waals surface area (Å²) in [6, 6.07) is 6.13. The van der Waals surface area contributed by atoms with E-state index in [2.05, 4.69) is 23.0 Å². The van der Waals surface area contributed by atoms with Crippen LogP contribution in [0.4, 0.5) is 0 Å². The van der Waals surface area contributed by atoms with Gasteiger partial charge in [0.15, 0.2) is 5.16 Å². The molecule has 0 aliphatic carbocycles. The molecule has 2 N–H and O–H groups in total. The van der Waals surface area contributed by atoms with Gasteiger partial charge in [-0.25, -0.2) is 4.98 Å². The van der Waals surface area contributed by atoms with Gasteiger partial charge in [-0.3, -0.25) is 0 Å². The number of aliphatic hydroxyl groups is 1. The number of nitrogens with zero attached hydrogens (tertiary/aromatic N) is 1. The highest BCUT2D eigenvalue weighted by molar-refractivity contribution is 7.99. The molecule has 3 nitrogen and oxygen atoms in total. The second kappa shape index (κ2) is 4.24. The first-order valence-corrected chi connectivity index (χ1v) is 5.91. The molecule has 15 heavy (non-hydrogen) atoms. The van der Waals surface area contributed by atoms with Crippen LogP contribution in [0.3, 0.4) is 0 Å². The first-order chi connectivity index (χ1) is 7.15. The highest BCUT2D eigenvalue weighted by atomic mass is 32.2. The van der Waals surface area contributed by atoms with E-state index in [0.29, 0.717) is 5.75 Å². The standard InChI is InChI=1S/C11H14N2OS/c1-7-3-4-9-10(5-7)13-11(12-9)15-6-8(2)14/h3-5,8,14H,6H2,1-2H3,(H,12,13)/t8-/m1/s1. The molecule has 1 atom stereocenters. The lowest BCUT2D eigenvalue weighted by atomic mass is 10.2. The first-order valence-electron chi connectivity index (χ1n) is 4.92. The number of aromatic nitrogens is 2. The molecule has 2 rings (SSSR count). The summed E-state index contributed by atoms with van der Waals surface area (Å²) in [5.41, 5.74) is 3.26. The summed E-state index contributed by atoms with van der Waals surface area (Å²) < 4.78 is 0. The smallest absolute Gasteiger partial charge is 0.166 e. The number of imidazole rings is 1. The summed E-state index contributed by atoms with van der Waals surface area (Å²) in [6.45, 7) is 3.84. The molecule has 1 heterocycles. The molecule has 0 fully saturated rings. The summed E-state index contributed by atoms with van der Waals surface area (Å²) in [5, 5.41) is 10.0. The predicted octanol–water partition coefficient (Wildman–Crippen LogP) is 2.34. The van der Waals surface area contributed by atoms with E-state index in [0.717, 1.165) is 16.2 Å². The zero-order chi connectivity index (χ0) is 10.8. The quantitative estimate of drug-likeness (QED) is 0.784. The molecule has 0 spiro atoms. The van der Waals surface area contributed by atoms with Crippen molar-refractivity contribution in [3.8, 4) is 0 Å². The molecule has 0 radical (unpaired) electrons. The summed E-state index contributed by atoms with van der Waals surface area (Å²) in [4.78, 5) is 7.65. The molecule has 0 bridgehead atoms. The molecular formula is C11H14N2OS. The van der Waals surface area contributed by atoms with Crippen LogP contribution in [-0.2, 0) is 0 Å². The number of H-pyrrole nitrogens is 1. The van der Waals surface area contributed by atoms with E-state index in [1.165, 1.54) is 5.56 Å². The van der Waals surface area contributed by atoms with Crippen molar-refractivity contribution in [2.24, 2.45) is 0 Å². The van der Waals surface area contributed by atoms with Crippen molar-refractivity contribution in [3.05, 3.63) is 23.8 Å². The Morgan fingerprint density at radius 1 is 1.53 bits per heavy atom. The summed E-state index contributed by atoms with van der Waals surface area (Å²) in [5.74, 6) is 0.665. The van der Waals surface area contributed by atoms with Crippen LogP contribution in [0.5, 0.6) is 0 Å².